The summed E-state index contributed by atoms with van der Waals surface area (Å²) < 4.78 is 8.02. The molecule has 7 heteroatoms. The Bertz CT molecular complexity index is 641. The van der Waals surface area contributed by atoms with Gasteiger partial charge in [0.1, 0.15) is 11.6 Å². The van der Waals surface area contributed by atoms with E-state index < -0.39 is 0 Å². The van der Waals surface area contributed by atoms with Crippen molar-refractivity contribution in [1.82, 2.24) is 25.4 Å². The number of rotatable bonds is 4. The topological polar surface area (TPSA) is 81.1 Å². The molecule has 1 saturated carbocycles. The van der Waals surface area contributed by atoms with Gasteiger partial charge in [0, 0.05) is 49.9 Å². The maximum absolute atomic E-state index is 12.3. The number of nitrogens with zero attached hydrogens (tertiary/aromatic N) is 3. The van der Waals surface area contributed by atoms with Crippen LogP contribution in [0.1, 0.15) is 51.2 Å². The molecule has 0 bridgehead atoms. The third-order valence-corrected chi connectivity index (χ3v) is 6.21. The molecule has 25 heavy (non-hydrogen) atoms. The van der Waals surface area contributed by atoms with Crippen molar-refractivity contribution in [3.05, 3.63) is 11.6 Å². The minimum Gasteiger partial charge on any atom is -0.377 e. The van der Waals surface area contributed by atoms with Gasteiger partial charge in [0.05, 0.1) is 6.10 Å². The zero-order chi connectivity index (χ0) is 17.4. The summed E-state index contributed by atoms with van der Waals surface area (Å²) in [7, 11) is 0. The molecular weight excluding hydrogens is 318 g/mol. The van der Waals surface area contributed by atoms with E-state index in [0.29, 0.717) is 18.6 Å². The van der Waals surface area contributed by atoms with E-state index in [4.69, 9.17) is 4.74 Å². The Morgan fingerprint density at radius 1 is 1.32 bits per heavy atom. The molecule has 0 aromatic carbocycles. The average molecular weight is 347 g/mol. The minimum absolute atomic E-state index is 0.0167. The number of aromatic nitrogens is 3. The van der Waals surface area contributed by atoms with Crippen molar-refractivity contribution in [3.8, 4) is 0 Å². The second-order valence-corrected chi connectivity index (χ2v) is 8.19. The molecule has 1 aliphatic carbocycles. The molecule has 7 nitrogen and oxygen atoms in total. The van der Waals surface area contributed by atoms with Crippen LogP contribution in [0.4, 0.5) is 4.79 Å². The van der Waals surface area contributed by atoms with Crippen LogP contribution < -0.4 is 10.6 Å². The number of nitrogens with one attached hydrogen (secondary N) is 2. The first-order valence-electron chi connectivity index (χ1n) is 9.64. The van der Waals surface area contributed by atoms with Gasteiger partial charge in [-0.1, -0.05) is 20.3 Å². The monoisotopic (exact) mass is 347 g/mol. The first-order chi connectivity index (χ1) is 12.1. The summed E-state index contributed by atoms with van der Waals surface area (Å²) in [4.78, 5) is 12.3. The normalized spacial score (nSPS) is 29.9. The number of carbonyl (C=O) groups is 1. The van der Waals surface area contributed by atoms with Crippen molar-refractivity contribution in [2.75, 3.05) is 13.2 Å². The molecule has 2 aliphatic heterocycles. The fourth-order valence-corrected chi connectivity index (χ4v) is 4.83. The van der Waals surface area contributed by atoms with E-state index in [1.54, 1.807) is 0 Å². The van der Waals surface area contributed by atoms with Crippen molar-refractivity contribution in [1.29, 1.82) is 0 Å². The lowest BCUT2D eigenvalue weighted by Crippen LogP contribution is -2.67. The largest absolute Gasteiger partial charge is 0.377 e. The third-order valence-electron chi connectivity index (χ3n) is 6.21. The standard InChI is InChI=1S/C18H29N5O2/c1-18(2)15(12-8-11-25-16(12)18)20-17(24)19-9-7-14-22-21-13-6-4-3-5-10-23(13)14/h12,15-16H,3-11H2,1-2H3,(H2,19,20,24). The van der Waals surface area contributed by atoms with Gasteiger partial charge < -0.3 is 19.9 Å². The molecule has 1 aromatic rings. The molecule has 4 rings (SSSR count). The van der Waals surface area contributed by atoms with Gasteiger partial charge in [0.15, 0.2) is 0 Å². The smallest absolute Gasteiger partial charge is 0.315 e. The second kappa shape index (κ2) is 6.59. The van der Waals surface area contributed by atoms with Crippen LogP contribution in [0.25, 0.3) is 0 Å². The van der Waals surface area contributed by atoms with E-state index in [-0.39, 0.29) is 17.5 Å². The van der Waals surface area contributed by atoms with E-state index in [1.807, 2.05) is 0 Å². The zero-order valence-corrected chi connectivity index (χ0v) is 15.3. The van der Waals surface area contributed by atoms with Gasteiger partial charge in [0.2, 0.25) is 0 Å². The van der Waals surface area contributed by atoms with E-state index in [9.17, 15) is 4.79 Å². The highest BCUT2D eigenvalue weighted by Crippen LogP contribution is 2.52. The van der Waals surface area contributed by atoms with Gasteiger partial charge in [0.25, 0.3) is 0 Å². The number of ether oxygens (including phenoxy) is 1. The molecular formula is C18H29N5O2. The Kier molecular flexibility index (Phi) is 4.43. The summed E-state index contributed by atoms with van der Waals surface area (Å²) in [6.07, 6.45) is 6.72. The van der Waals surface area contributed by atoms with Crippen molar-refractivity contribution >= 4 is 6.03 Å². The molecule has 3 heterocycles. The van der Waals surface area contributed by atoms with Crippen LogP contribution in [0.5, 0.6) is 0 Å². The molecule has 3 unspecified atom stereocenters. The van der Waals surface area contributed by atoms with Crippen LogP contribution in [-0.2, 0) is 24.1 Å². The summed E-state index contributed by atoms with van der Waals surface area (Å²) in [5, 5.41) is 14.8. The summed E-state index contributed by atoms with van der Waals surface area (Å²) in [6, 6.07) is 0.114. The molecule has 0 radical (unpaired) electrons. The lowest BCUT2D eigenvalue weighted by Gasteiger charge is -2.54. The summed E-state index contributed by atoms with van der Waals surface area (Å²) >= 11 is 0. The number of urea groups is 1. The maximum Gasteiger partial charge on any atom is 0.315 e. The Balaban J connectivity index is 1.27. The Morgan fingerprint density at radius 2 is 2.20 bits per heavy atom. The number of carbonyl (C=O) groups excluding carboxylic acids is 1. The van der Waals surface area contributed by atoms with Gasteiger partial charge >= 0.3 is 6.03 Å². The summed E-state index contributed by atoms with van der Waals surface area (Å²) in [5.74, 6) is 2.55. The molecule has 2 amide bonds. The average Bonchev–Trinajstić information content (AvgIpc) is 3.12. The first kappa shape index (κ1) is 16.8. The highest BCUT2D eigenvalue weighted by Gasteiger charge is 2.59. The van der Waals surface area contributed by atoms with Crippen molar-refractivity contribution in [2.24, 2.45) is 11.3 Å². The lowest BCUT2D eigenvalue weighted by molar-refractivity contribution is -0.108. The predicted molar refractivity (Wildman–Crippen MR) is 93.2 cm³/mol. The SMILES string of the molecule is CC1(C)C(NC(=O)NCCc2nnc3n2CCCCC3)C2CCOC21. The van der Waals surface area contributed by atoms with Crippen LogP contribution in [0, 0.1) is 11.3 Å². The van der Waals surface area contributed by atoms with Crippen LogP contribution in [0.3, 0.4) is 0 Å². The second-order valence-electron chi connectivity index (χ2n) is 8.19. The Labute approximate surface area is 148 Å². The predicted octanol–water partition coefficient (Wildman–Crippen LogP) is 1.66. The van der Waals surface area contributed by atoms with Gasteiger partial charge in [-0.15, -0.1) is 10.2 Å². The first-order valence-corrected chi connectivity index (χ1v) is 9.64. The summed E-state index contributed by atoms with van der Waals surface area (Å²) in [5.41, 5.74) is 0.0167. The number of hydrogen-bond donors (Lipinski definition) is 2. The van der Waals surface area contributed by atoms with Crippen LogP contribution in [0.2, 0.25) is 0 Å². The van der Waals surface area contributed by atoms with E-state index in [2.05, 4.69) is 39.2 Å². The molecule has 2 N–H and O–H groups in total. The number of fused-ring (bicyclic) bond motifs is 2. The van der Waals surface area contributed by atoms with Crippen molar-refractivity contribution < 1.29 is 9.53 Å². The molecule has 3 aliphatic rings. The quantitative estimate of drug-likeness (QED) is 0.868. The third kappa shape index (κ3) is 3.03. The van der Waals surface area contributed by atoms with Gasteiger partial charge in [-0.25, -0.2) is 4.79 Å². The Morgan fingerprint density at radius 3 is 3.08 bits per heavy atom. The van der Waals surface area contributed by atoms with Crippen molar-refractivity contribution in [3.63, 3.8) is 0 Å². The molecule has 1 aromatic heterocycles. The number of hydrogen-bond acceptors (Lipinski definition) is 4. The molecule has 138 valence electrons. The van der Waals surface area contributed by atoms with Gasteiger partial charge in [-0.05, 0) is 19.3 Å². The van der Waals surface area contributed by atoms with Crippen LogP contribution in [0.15, 0.2) is 0 Å². The number of aryl methyl sites for hydroxylation is 1. The van der Waals surface area contributed by atoms with Crippen molar-refractivity contribution in [2.45, 2.75) is 71.1 Å². The molecule has 2 fully saturated rings. The van der Waals surface area contributed by atoms with E-state index in [1.165, 1.54) is 19.3 Å². The Hall–Kier alpha value is -1.63. The zero-order valence-electron chi connectivity index (χ0n) is 15.3. The maximum atomic E-state index is 12.3. The molecule has 3 atom stereocenters. The fourth-order valence-electron chi connectivity index (χ4n) is 4.83. The van der Waals surface area contributed by atoms with Gasteiger partial charge in [-0.3, -0.25) is 0 Å². The lowest BCUT2D eigenvalue weighted by atomic mass is 9.57. The highest BCUT2D eigenvalue weighted by molar-refractivity contribution is 5.74. The van der Waals surface area contributed by atoms with Gasteiger partial charge in [-0.2, -0.15) is 0 Å². The molecule has 1 saturated heterocycles. The fraction of sp³-hybridized carbons (Fsp3) is 0.833. The van der Waals surface area contributed by atoms with Crippen LogP contribution >= 0.6 is 0 Å². The van der Waals surface area contributed by atoms with E-state index in [0.717, 1.165) is 44.1 Å². The highest BCUT2D eigenvalue weighted by atomic mass is 16.5. The van der Waals surface area contributed by atoms with E-state index >= 15 is 0 Å². The number of amides is 2. The molecule has 0 spiro atoms. The minimum atomic E-state index is -0.0842. The van der Waals surface area contributed by atoms with Crippen LogP contribution in [-0.4, -0.2) is 46.1 Å². The summed E-state index contributed by atoms with van der Waals surface area (Å²) in [6.45, 7) is 6.76.